The number of hydrogen-bond acceptors (Lipinski definition) is 8. The summed E-state index contributed by atoms with van der Waals surface area (Å²) >= 11 is 0. The van der Waals surface area contributed by atoms with Crippen molar-refractivity contribution >= 4 is 141 Å². The van der Waals surface area contributed by atoms with Gasteiger partial charge in [-0.2, -0.15) is 0 Å². The van der Waals surface area contributed by atoms with Gasteiger partial charge in [-0.3, -0.25) is 19.2 Å². The van der Waals surface area contributed by atoms with Crippen molar-refractivity contribution in [2.24, 2.45) is 0 Å². The average Bonchev–Trinajstić information content (AvgIpc) is 1.47. The van der Waals surface area contributed by atoms with Crippen LogP contribution in [0.4, 0.5) is 0 Å². The number of rotatable bonds is 10. The summed E-state index contributed by atoms with van der Waals surface area (Å²) in [5.41, 5.74) is 2.34. The Balaban J connectivity index is 0.850. The zero-order valence-electron chi connectivity index (χ0n) is 49.9. The molecule has 15 rings (SSSR count). The largest absolute Gasteiger partial charge is 0.423 e. The van der Waals surface area contributed by atoms with Gasteiger partial charge in [0.1, 0.15) is 11.5 Å². The summed E-state index contributed by atoms with van der Waals surface area (Å²) in [4.78, 5) is 84.6. The quantitative estimate of drug-likeness (QED) is 0.0752. The van der Waals surface area contributed by atoms with Crippen LogP contribution in [0.1, 0.15) is 101 Å². The van der Waals surface area contributed by atoms with Crippen molar-refractivity contribution < 1.29 is 19.1 Å². The number of esters is 2. The van der Waals surface area contributed by atoms with Gasteiger partial charge in [0.05, 0.1) is 11.4 Å². The average molecular weight is 1150 g/mol. The number of nitrogens with zero attached hydrogens (tertiary/aromatic N) is 2. The Hall–Kier alpha value is -10.6. The molecule has 0 spiro atoms. The van der Waals surface area contributed by atoms with Gasteiger partial charge in [-0.25, -0.2) is 18.7 Å². The second-order valence-corrected chi connectivity index (χ2v) is 24.9. The van der Waals surface area contributed by atoms with Crippen molar-refractivity contribution in [3.63, 3.8) is 0 Å². The summed E-state index contributed by atoms with van der Waals surface area (Å²) < 4.78 is 13.9. The first kappa shape index (κ1) is 54.1. The minimum atomic E-state index is -0.592. The molecule has 0 radical (unpaired) electrons. The molecule has 0 amide bonds. The Morgan fingerprint density at radius 1 is 0.318 bits per heavy atom. The predicted octanol–water partition coefficient (Wildman–Crippen LogP) is 17.5. The molecule has 0 aliphatic carbocycles. The molecule has 0 saturated heterocycles. The molecule has 0 fully saturated rings. The minimum absolute atomic E-state index is 0.120. The van der Waals surface area contributed by atoms with Gasteiger partial charge < -0.3 is 9.47 Å². The van der Waals surface area contributed by atoms with Crippen LogP contribution in [0, 0.1) is 0 Å². The summed E-state index contributed by atoms with van der Waals surface area (Å²) in [6, 6.07) is 49.1. The van der Waals surface area contributed by atoms with E-state index in [1.54, 1.807) is 24.3 Å². The van der Waals surface area contributed by atoms with Gasteiger partial charge in [0.15, 0.2) is 0 Å². The highest BCUT2D eigenvalue weighted by Crippen LogP contribution is 2.46. The van der Waals surface area contributed by atoms with E-state index in [9.17, 15) is 28.8 Å². The lowest BCUT2D eigenvalue weighted by molar-refractivity contribution is -0.129. The van der Waals surface area contributed by atoms with Crippen LogP contribution in [0.3, 0.4) is 0 Å². The van der Waals surface area contributed by atoms with E-state index in [0.717, 1.165) is 131 Å². The third-order valence-electron chi connectivity index (χ3n) is 18.4. The van der Waals surface area contributed by atoms with Crippen LogP contribution >= 0.6 is 0 Å². The van der Waals surface area contributed by atoms with E-state index in [1.807, 2.05) is 104 Å². The summed E-state index contributed by atoms with van der Waals surface area (Å²) in [5.74, 6) is -1.00. The molecule has 15 aromatic rings. The summed E-state index contributed by atoms with van der Waals surface area (Å²) in [6.45, 7) is 23.1. The van der Waals surface area contributed by atoms with E-state index in [-0.39, 0.29) is 23.7 Å². The van der Waals surface area contributed by atoms with E-state index in [1.165, 1.54) is 9.13 Å². The highest BCUT2D eigenvalue weighted by molar-refractivity contribution is 6.38. The number of aromatic nitrogens is 2. The molecule has 0 aliphatic heterocycles. The molecular formula is C78H58N2O8. The predicted molar refractivity (Wildman–Crippen MR) is 362 cm³/mol. The van der Waals surface area contributed by atoms with Crippen LogP contribution in [-0.4, -0.2) is 21.1 Å². The number of hydrogen-bond donors (Lipinski definition) is 0. The monoisotopic (exact) mass is 1150 g/mol. The molecule has 0 bridgehead atoms. The number of carbonyl (C=O) groups excluding carboxylic acids is 2. The molecule has 10 nitrogen and oxygen atoms in total. The summed E-state index contributed by atoms with van der Waals surface area (Å²) in [5, 5.41) is 21.5. The third kappa shape index (κ3) is 7.80. The number of pyridine rings is 2. The first-order chi connectivity index (χ1) is 42.3. The topological polar surface area (TPSA) is 131 Å². The van der Waals surface area contributed by atoms with Gasteiger partial charge in [0.2, 0.25) is 0 Å². The van der Waals surface area contributed by atoms with E-state index in [4.69, 9.17) is 9.47 Å². The third-order valence-corrected chi connectivity index (χ3v) is 18.4. The van der Waals surface area contributed by atoms with E-state index in [2.05, 4.69) is 86.0 Å². The molecule has 0 N–H and O–H groups in total. The lowest BCUT2D eigenvalue weighted by atomic mass is 9.91. The number of fused-ring (bicyclic) bond motifs is 10. The second-order valence-electron chi connectivity index (χ2n) is 24.9. The van der Waals surface area contributed by atoms with Crippen LogP contribution in [-0.2, 0) is 9.59 Å². The molecule has 13 aromatic carbocycles. The smallest absolute Gasteiger partial charge is 0.335 e. The molecule has 0 aliphatic rings. The second kappa shape index (κ2) is 19.5. The maximum absolute atomic E-state index is 15.0. The molecule has 2 aromatic heterocycles. The zero-order chi connectivity index (χ0) is 61.2. The number of carbonyl (C=O) groups is 2. The summed E-state index contributed by atoms with van der Waals surface area (Å²) in [6.07, 6.45) is 2.22. The molecule has 2 heterocycles. The highest BCUT2D eigenvalue weighted by atomic mass is 16.5. The zero-order valence-corrected chi connectivity index (χ0v) is 49.9. The lowest BCUT2D eigenvalue weighted by Gasteiger charge is -2.22. The van der Waals surface area contributed by atoms with Gasteiger partial charge >= 0.3 is 11.9 Å². The Bertz CT molecular complexity index is 5260. The normalized spacial score (nSPS) is 12.4. The Labute approximate surface area is 503 Å². The van der Waals surface area contributed by atoms with Crippen molar-refractivity contribution in [2.45, 2.75) is 79.1 Å². The fourth-order valence-electron chi connectivity index (χ4n) is 14.3. The van der Waals surface area contributed by atoms with Gasteiger partial charge in [-0.05, 0) is 240 Å². The minimum Gasteiger partial charge on any atom is -0.423 e. The first-order valence-corrected chi connectivity index (χ1v) is 29.9. The fourth-order valence-corrected chi connectivity index (χ4v) is 14.3. The van der Waals surface area contributed by atoms with E-state index in [0.29, 0.717) is 55.2 Å². The molecule has 0 unspecified atom stereocenters. The van der Waals surface area contributed by atoms with Gasteiger partial charge in [-0.1, -0.05) is 117 Å². The Morgan fingerprint density at radius 2 is 0.545 bits per heavy atom. The standard InChI is InChI=1S/C78H58N2O8/c1-11-67(81)87-49-33-59(37(3)4)73(60(34-49)38(5)6)79-75(83)55-21-17-51-63-29-45-25-41-13-15-43-27-47-31-65-53-19-23-57-72-58(78(86)80(77(57)85)74-61(39(7)8)35-50(88-68(82)12-2)36-62(74)40(9)10)24-20-54(70(53)72)66(65)32-48(47)28-44(43)16-14-42(41)26-46(45)30-64(63)52-18-22-56(76(79)84)71(55)69(51)52/h11-40H,1-2H2,3-10H3. The Morgan fingerprint density at radius 3 is 0.773 bits per heavy atom. The number of ether oxygens (including phenoxy) is 2. The molecule has 88 heavy (non-hydrogen) atoms. The van der Waals surface area contributed by atoms with E-state index < -0.39 is 34.2 Å². The molecular weight excluding hydrogens is 1090 g/mol. The fraction of sp³-hybridized carbons (Fsp3) is 0.154. The lowest BCUT2D eigenvalue weighted by Crippen LogP contribution is -2.33. The molecule has 10 heteroatoms. The van der Waals surface area contributed by atoms with Crippen LogP contribution in [0.15, 0.2) is 190 Å². The SMILES string of the molecule is C=CC(=O)Oc1cc(C(C)C)c(-n2c(=O)c3ccc4c5cc6cc7ccc8cc9cc%10c(cc9cc8ccc7cc6cc5c5ccc(c2=O)c3c45)c2ccc3c(=O)n(-c4c(C(C)C)cc(OC(=O)C=C)cc4C(C)C)c(=O)c4ccc%10c2c43)c(C(C)C)c1. The van der Waals surface area contributed by atoms with Crippen molar-refractivity contribution in [2.75, 3.05) is 0 Å². The Kier molecular flexibility index (Phi) is 12.0. The van der Waals surface area contributed by atoms with Crippen molar-refractivity contribution in [3.05, 3.63) is 235 Å². The van der Waals surface area contributed by atoms with Crippen molar-refractivity contribution in [1.29, 1.82) is 0 Å². The van der Waals surface area contributed by atoms with Crippen LogP contribution in [0.25, 0.3) is 141 Å². The van der Waals surface area contributed by atoms with Crippen LogP contribution in [0.2, 0.25) is 0 Å². The highest BCUT2D eigenvalue weighted by Gasteiger charge is 2.29. The number of benzene rings is 10. The van der Waals surface area contributed by atoms with E-state index >= 15 is 0 Å². The molecule has 428 valence electrons. The van der Waals surface area contributed by atoms with Crippen LogP contribution in [0.5, 0.6) is 11.5 Å². The van der Waals surface area contributed by atoms with Crippen LogP contribution < -0.4 is 31.7 Å². The van der Waals surface area contributed by atoms with Gasteiger partial charge in [-0.15, -0.1) is 0 Å². The maximum atomic E-state index is 15.0. The first-order valence-electron chi connectivity index (χ1n) is 29.9. The molecule has 0 saturated carbocycles. The molecule has 0 atom stereocenters. The van der Waals surface area contributed by atoms with Crippen molar-refractivity contribution in [3.8, 4) is 22.9 Å². The van der Waals surface area contributed by atoms with Crippen molar-refractivity contribution in [1.82, 2.24) is 9.13 Å². The summed E-state index contributed by atoms with van der Waals surface area (Å²) in [7, 11) is 0. The maximum Gasteiger partial charge on any atom is 0.335 e. The van der Waals surface area contributed by atoms with Gasteiger partial charge in [0.25, 0.3) is 22.2 Å². The van der Waals surface area contributed by atoms with Gasteiger partial charge in [0, 0.05) is 44.5 Å².